The lowest BCUT2D eigenvalue weighted by molar-refractivity contribution is 1.23. The van der Waals surface area contributed by atoms with Crippen molar-refractivity contribution >= 4 is 32.9 Å². The molecule has 0 aliphatic carbocycles. The third-order valence-corrected chi connectivity index (χ3v) is 1.99. The summed E-state index contributed by atoms with van der Waals surface area (Å²) >= 11 is 3.32. The molecule has 0 atom stereocenters. The van der Waals surface area contributed by atoms with E-state index < -0.39 is 0 Å². The molecule has 0 saturated carbocycles. The zero-order chi connectivity index (χ0) is 7.84. The second-order valence-corrected chi connectivity index (χ2v) is 2.98. The molecule has 0 aromatic carbocycles. The lowest BCUT2D eigenvalue weighted by Gasteiger charge is -1.90. The Labute approximate surface area is 71.0 Å². The molecule has 2 aromatic rings. The predicted octanol–water partition coefficient (Wildman–Crippen LogP) is 1.30. The molecule has 56 valence electrons. The fourth-order valence-corrected chi connectivity index (χ4v) is 1.31. The number of nitrogens with two attached hydrogens (primary N) is 1. The highest BCUT2D eigenvalue weighted by Gasteiger charge is 2.01. The molecule has 3 N–H and O–H groups in total. The average molecular weight is 213 g/mol. The first-order chi connectivity index (χ1) is 5.27. The molecule has 0 aliphatic rings. The van der Waals surface area contributed by atoms with Crippen LogP contribution < -0.4 is 5.73 Å². The first kappa shape index (κ1) is 6.60. The largest absolute Gasteiger partial charge is 0.368 e. The number of nitrogens with zero attached hydrogens (tertiary/aromatic N) is 2. The van der Waals surface area contributed by atoms with E-state index in [-0.39, 0.29) is 5.95 Å². The smallest absolute Gasteiger partial charge is 0.220 e. The summed E-state index contributed by atoms with van der Waals surface area (Å²) in [5.41, 5.74) is 7.09. The molecule has 4 nitrogen and oxygen atoms in total. The number of rotatable bonds is 0. The van der Waals surface area contributed by atoms with Gasteiger partial charge in [-0.05, 0) is 15.9 Å². The maximum atomic E-state index is 5.40. The van der Waals surface area contributed by atoms with Crippen LogP contribution >= 0.6 is 15.9 Å². The number of aromatic nitrogens is 3. The standard InChI is InChI=1S/C6H5BrN4/c7-3-1-9-4-2-10-6(8)11-5(3)4/h1-2,9H,(H2,8,10,11). The van der Waals surface area contributed by atoms with Crippen LogP contribution in [0.3, 0.4) is 0 Å². The number of anilines is 1. The van der Waals surface area contributed by atoms with Crippen LogP contribution in [0, 0.1) is 0 Å². The molecule has 0 aliphatic heterocycles. The number of fused-ring (bicyclic) bond motifs is 1. The van der Waals surface area contributed by atoms with Gasteiger partial charge in [0.05, 0.1) is 16.2 Å². The van der Waals surface area contributed by atoms with Crippen molar-refractivity contribution in [1.82, 2.24) is 15.0 Å². The Morgan fingerprint density at radius 2 is 2.36 bits per heavy atom. The molecule has 5 heteroatoms. The summed E-state index contributed by atoms with van der Waals surface area (Å²) in [5, 5.41) is 0. The molecule has 0 radical (unpaired) electrons. The van der Waals surface area contributed by atoms with E-state index in [1.807, 2.05) is 0 Å². The Kier molecular flexibility index (Phi) is 1.32. The van der Waals surface area contributed by atoms with Crippen LogP contribution in [-0.4, -0.2) is 15.0 Å². The second-order valence-electron chi connectivity index (χ2n) is 2.13. The monoisotopic (exact) mass is 212 g/mol. The van der Waals surface area contributed by atoms with Crippen molar-refractivity contribution in [2.75, 3.05) is 5.73 Å². The number of hydrogen-bond donors (Lipinski definition) is 2. The van der Waals surface area contributed by atoms with Crippen LogP contribution in [-0.2, 0) is 0 Å². The van der Waals surface area contributed by atoms with E-state index in [1.165, 1.54) is 0 Å². The average Bonchev–Trinajstić information content (AvgIpc) is 2.33. The second kappa shape index (κ2) is 2.20. The van der Waals surface area contributed by atoms with E-state index in [4.69, 9.17) is 5.73 Å². The Hall–Kier alpha value is -1.10. The van der Waals surface area contributed by atoms with Crippen LogP contribution in [0.5, 0.6) is 0 Å². The van der Waals surface area contributed by atoms with Crippen molar-refractivity contribution in [3.8, 4) is 0 Å². The van der Waals surface area contributed by atoms with Crippen molar-refractivity contribution in [3.63, 3.8) is 0 Å². The molecular formula is C6H5BrN4. The predicted molar refractivity (Wildman–Crippen MR) is 46.0 cm³/mol. The van der Waals surface area contributed by atoms with Gasteiger partial charge >= 0.3 is 0 Å². The van der Waals surface area contributed by atoms with Crippen molar-refractivity contribution < 1.29 is 0 Å². The Morgan fingerprint density at radius 3 is 3.18 bits per heavy atom. The van der Waals surface area contributed by atoms with E-state index in [0.29, 0.717) is 0 Å². The third kappa shape index (κ3) is 0.970. The fourth-order valence-electron chi connectivity index (χ4n) is 0.893. The molecule has 0 amide bonds. The van der Waals surface area contributed by atoms with Gasteiger partial charge in [-0.25, -0.2) is 9.97 Å². The molecule has 0 bridgehead atoms. The number of H-pyrrole nitrogens is 1. The van der Waals surface area contributed by atoms with Crippen molar-refractivity contribution in [3.05, 3.63) is 16.9 Å². The van der Waals surface area contributed by atoms with Crippen LogP contribution in [0.4, 0.5) is 5.95 Å². The minimum absolute atomic E-state index is 0.290. The first-order valence-electron chi connectivity index (χ1n) is 3.02. The highest BCUT2D eigenvalue weighted by molar-refractivity contribution is 9.10. The lowest BCUT2D eigenvalue weighted by Crippen LogP contribution is -1.92. The maximum Gasteiger partial charge on any atom is 0.220 e. The summed E-state index contributed by atoms with van der Waals surface area (Å²) in [6.07, 6.45) is 3.46. The number of nitrogen functional groups attached to an aromatic ring is 1. The molecule has 2 heterocycles. The Balaban J connectivity index is 2.87. The van der Waals surface area contributed by atoms with Crippen LogP contribution in [0.2, 0.25) is 0 Å². The van der Waals surface area contributed by atoms with Crippen LogP contribution in [0.25, 0.3) is 11.0 Å². The normalized spacial score (nSPS) is 10.6. The molecule has 0 saturated heterocycles. The first-order valence-corrected chi connectivity index (χ1v) is 3.82. The third-order valence-electron chi connectivity index (χ3n) is 1.39. The summed E-state index contributed by atoms with van der Waals surface area (Å²) in [5.74, 6) is 0.290. The van der Waals surface area contributed by atoms with Gasteiger partial charge in [-0.2, -0.15) is 0 Å². The summed E-state index contributed by atoms with van der Waals surface area (Å²) in [4.78, 5) is 10.8. The number of aromatic amines is 1. The van der Waals surface area contributed by atoms with Gasteiger partial charge in [0.25, 0.3) is 0 Å². The number of halogens is 1. The maximum absolute atomic E-state index is 5.40. The van der Waals surface area contributed by atoms with Gasteiger partial charge in [0.1, 0.15) is 5.52 Å². The van der Waals surface area contributed by atoms with Crippen molar-refractivity contribution in [2.45, 2.75) is 0 Å². The van der Waals surface area contributed by atoms with Gasteiger partial charge in [0.2, 0.25) is 5.95 Å². The minimum atomic E-state index is 0.290. The molecule has 11 heavy (non-hydrogen) atoms. The zero-order valence-corrected chi connectivity index (χ0v) is 7.09. The van der Waals surface area contributed by atoms with Crippen molar-refractivity contribution in [2.24, 2.45) is 0 Å². The van der Waals surface area contributed by atoms with E-state index in [2.05, 4.69) is 30.9 Å². The van der Waals surface area contributed by atoms with Gasteiger partial charge < -0.3 is 10.7 Å². The van der Waals surface area contributed by atoms with E-state index in [9.17, 15) is 0 Å². The van der Waals surface area contributed by atoms with Crippen LogP contribution in [0.1, 0.15) is 0 Å². The number of nitrogens with one attached hydrogen (secondary N) is 1. The van der Waals surface area contributed by atoms with E-state index in [0.717, 1.165) is 15.5 Å². The quantitative estimate of drug-likeness (QED) is 0.692. The molecule has 0 fully saturated rings. The van der Waals surface area contributed by atoms with Gasteiger partial charge in [-0.15, -0.1) is 0 Å². The highest BCUT2D eigenvalue weighted by Crippen LogP contribution is 2.20. The zero-order valence-electron chi connectivity index (χ0n) is 5.50. The van der Waals surface area contributed by atoms with Crippen LogP contribution in [0.15, 0.2) is 16.9 Å². The summed E-state index contributed by atoms with van der Waals surface area (Å²) in [6, 6.07) is 0. The fraction of sp³-hybridized carbons (Fsp3) is 0. The van der Waals surface area contributed by atoms with Gasteiger partial charge in [-0.1, -0.05) is 0 Å². The Morgan fingerprint density at radius 1 is 1.55 bits per heavy atom. The summed E-state index contributed by atoms with van der Waals surface area (Å²) in [7, 11) is 0. The topological polar surface area (TPSA) is 67.6 Å². The molecule has 2 rings (SSSR count). The minimum Gasteiger partial charge on any atom is -0.368 e. The molecule has 0 spiro atoms. The van der Waals surface area contributed by atoms with E-state index >= 15 is 0 Å². The summed E-state index contributed by atoms with van der Waals surface area (Å²) in [6.45, 7) is 0. The SMILES string of the molecule is Nc1ncc2[nH]cc(Br)c2n1. The molecule has 0 unspecified atom stereocenters. The van der Waals surface area contributed by atoms with Gasteiger partial charge in [-0.3, -0.25) is 0 Å². The van der Waals surface area contributed by atoms with Gasteiger partial charge in [0.15, 0.2) is 0 Å². The van der Waals surface area contributed by atoms with Gasteiger partial charge in [0, 0.05) is 6.20 Å². The summed E-state index contributed by atoms with van der Waals surface area (Å²) < 4.78 is 0.904. The lowest BCUT2D eigenvalue weighted by atomic mass is 10.5. The molecular weight excluding hydrogens is 208 g/mol. The highest BCUT2D eigenvalue weighted by atomic mass is 79.9. The van der Waals surface area contributed by atoms with Crippen molar-refractivity contribution in [1.29, 1.82) is 0 Å². The number of hydrogen-bond acceptors (Lipinski definition) is 3. The molecule has 2 aromatic heterocycles. The Bertz CT molecular complexity index is 394. The van der Waals surface area contributed by atoms with E-state index in [1.54, 1.807) is 12.4 Å².